The van der Waals surface area contributed by atoms with E-state index in [1.165, 1.54) is 19.2 Å². The monoisotopic (exact) mass is 506 g/mol. The van der Waals surface area contributed by atoms with Crippen LogP contribution in [-0.2, 0) is 30.6 Å². The fourth-order valence-corrected chi connectivity index (χ4v) is 5.01. The molecule has 1 aromatic carbocycles. The zero-order chi connectivity index (χ0) is 25.1. The topological polar surface area (TPSA) is 141 Å². The average Bonchev–Trinajstić information content (AvgIpc) is 2.94. The van der Waals surface area contributed by atoms with Crippen LogP contribution in [0.3, 0.4) is 0 Å². The molecule has 34 heavy (non-hydrogen) atoms. The van der Waals surface area contributed by atoms with E-state index in [2.05, 4.69) is 4.98 Å². The molecule has 174 valence electrons. The first-order chi connectivity index (χ1) is 15.8. The second kappa shape index (κ2) is 8.33. The Morgan fingerprint density at radius 2 is 2.06 bits per heavy atom. The van der Waals surface area contributed by atoms with Gasteiger partial charge >= 0.3 is 13.5 Å². The molecule has 2 aliphatic heterocycles. The lowest BCUT2D eigenvalue weighted by atomic mass is 9.59. The summed E-state index contributed by atoms with van der Waals surface area (Å²) < 4.78 is 55.2. The van der Waals surface area contributed by atoms with E-state index in [4.69, 9.17) is 58.8 Å². The SMILES string of the molecule is [B]C([B])(OP1(=O)OCc2cccc(OC)c2O1)[C@@]1(F)O[C@@]([B])(n2ccc(=S)[nH]c2=O)[C@H](O)[C@@H]1O. The molecule has 3 heterocycles. The van der Waals surface area contributed by atoms with Gasteiger partial charge in [-0.1, -0.05) is 24.4 Å². The molecular formula is C17H15B3FN2O9PS. The summed E-state index contributed by atoms with van der Waals surface area (Å²) in [6.07, 6.45) is -3.93. The molecule has 2 aliphatic rings. The van der Waals surface area contributed by atoms with Crippen LogP contribution in [0.2, 0.25) is 0 Å². The maximum Gasteiger partial charge on any atom is 0.529 e. The Bertz CT molecular complexity index is 1280. The van der Waals surface area contributed by atoms with Gasteiger partial charge in [0.05, 0.1) is 19.1 Å². The fourth-order valence-electron chi connectivity index (χ4n) is 3.50. The first kappa shape index (κ1) is 25.2. The first-order valence-electron chi connectivity index (χ1n) is 9.51. The molecule has 11 nitrogen and oxygen atoms in total. The Labute approximate surface area is 201 Å². The van der Waals surface area contributed by atoms with Crippen LogP contribution in [0.15, 0.2) is 35.3 Å². The number of nitrogens with one attached hydrogen (secondary N) is 1. The standard InChI is InChI=1S/C17H15B3FN2O9PS/c1-28-9-4-2-3-8-7-29-33(27,30-11(8)9)32-17(19,20)15(21)12(24)13(25)16(18,31-15)23-6-5-10(34)22-14(23)26/h2-6,12-13,24-25H,7H2,1H3,(H,22,26,34)/t12-,13+,15-,16-,33?/m0/s1. The summed E-state index contributed by atoms with van der Waals surface area (Å²) in [5.41, 5.74) is -3.32. The Hall–Kier alpha value is -1.93. The molecule has 1 fully saturated rings. The number of aromatic nitrogens is 2. The Morgan fingerprint density at radius 3 is 2.71 bits per heavy atom. The number of halogens is 1. The van der Waals surface area contributed by atoms with Gasteiger partial charge in [-0.2, -0.15) is 0 Å². The number of para-hydroxylation sites is 1. The first-order valence-corrected chi connectivity index (χ1v) is 11.4. The number of aliphatic hydroxyl groups is 2. The number of benzene rings is 1. The quantitative estimate of drug-likeness (QED) is 0.285. The second-order valence-electron chi connectivity index (χ2n) is 7.51. The van der Waals surface area contributed by atoms with Crippen molar-refractivity contribution in [3.8, 4) is 11.5 Å². The van der Waals surface area contributed by atoms with Crippen molar-refractivity contribution in [3.63, 3.8) is 0 Å². The molecule has 4 rings (SSSR count). The largest absolute Gasteiger partial charge is 0.529 e. The molecule has 0 bridgehead atoms. The molecule has 1 aromatic heterocycles. The van der Waals surface area contributed by atoms with Crippen LogP contribution in [0.1, 0.15) is 5.56 Å². The number of H-pyrrole nitrogens is 1. The second-order valence-corrected chi connectivity index (χ2v) is 9.47. The molecule has 0 spiro atoms. The van der Waals surface area contributed by atoms with Crippen molar-refractivity contribution in [1.82, 2.24) is 9.55 Å². The lowest BCUT2D eigenvalue weighted by molar-refractivity contribution is -0.240. The van der Waals surface area contributed by atoms with Gasteiger partial charge in [0.2, 0.25) is 0 Å². The number of phosphoric acid groups is 1. The molecule has 5 atom stereocenters. The number of ether oxygens (including phenoxy) is 2. The van der Waals surface area contributed by atoms with Crippen LogP contribution in [0, 0.1) is 4.64 Å². The molecule has 1 saturated heterocycles. The number of hydrogen-bond acceptors (Lipinski definition) is 10. The zero-order valence-corrected chi connectivity index (χ0v) is 19.1. The van der Waals surface area contributed by atoms with Gasteiger partial charge in [-0.05, 0) is 12.1 Å². The van der Waals surface area contributed by atoms with Gasteiger partial charge in [-0.15, -0.1) is 0 Å². The highest BCUT2D eigenvalue weighted by molar-refractivity contribution is 7.71. The van der Waals surface area contributed by atoms with Gasteiger partial charge in [0.15, 0.2) is 11.5 Å². The van der Waals surface area contributed by atoms with Gasteiger partial charge in [0.25, 0.3) is 5.85 Å². The number of fused-ring (bicyclic) bond motifs is 1. The Morgan fingerprint density at radius 1 is 1.35 bits per heavy atom. The van der Waals surface area contributed by atoms with Crippen LogP contribution in [0.25, 0.3) is 0 Å². The van der Waals surface area contributed by atoms with Crippen LogP contribution < -0.4 is 15.0 Å². The number of nitrogens with zero attached hydrogens (tertiary/aromatic N) is 1. The van der Waals surface area contributed by atoms with Crippen molar-refractivity contribution in [1.29, 1.82) is 0 Å². The van der Waals surface area contributed by atoms with Gasteiger partial charge in [-0.3, -0.25) is 18.6 Å². The van der Waals surface area contributed by atoms with Crippen LogP contribution in [0.4, 0.5) is 4.39 Å². The molecule has 0 amide bonds. The molecule has 3 N–H and O–H groups in total. The van der Waals surface area contributed by atoms with E-state index in [0.717, 1.165) is 6.20 Å². The maximum absolute atomic E-state index is 16.0. The van der Waals surface area contributed by atoms with Crippen molar-refractivity contribution in [3.05, 3.63) is 51.2 Å². The summed E-state index contributed by atoms with van der Waals surface area (Å²) in [4.78, 5) is 14.5. The minimum Gasteiger partial charge on any atom is -0.493 e. The molecule has 0 saturated carbocycles. The molecular weight excluding hydrogens is 491 g/mol. The summed E-state index contributed by atoms with van der Waals surface area (Å²) in [7, 11) is 14.0. The Balaban J connectivity index is 1.67. The van der Waals surface area contributed by atoms with Gasteiger partial charge in [-0.25, -0.2) is 13.8 Å². The molecule has 17 heteroatoms. The summed E-state index contributed by atoms with van der Waals surface area (Å²) in [5, 5.41) is 17.6. The van der Waals surface area contributed by atoms with Crippen molar-refractivity contribution in [2.75, 3.05) is 7.11 Å². The minimum absolute atomic E-state index is 0.000119. The molecule has 1 unspecified atom stereocenters. The number of rotatable bonds is 5. The highest BCUT2D eigenvalue weighted by atomic mass is 32.1. The summed E-state index contributed by atoms with van der Waals surface area (Å²) in [6.45, 7) is -0.315. The van der Waals surface area contributed by atoms with Gasteiger partial charge < -0.3 is 24.2 Å². The summed E-state index contributed by atoms with van der Waals surface area (Å²) >= 11 is 4.81. The highest BCUT2D eigenvalue weighted by Crippen LogP contribution is 2.60. The van der Waals surface area contributed by atoms with Crippen LogP contribution >= 0.6 is 20.0 Å². The van der Waals surface area contributed by atoms with Gasteiger partial charge in [0, 0.05) is 11.8 Å². The van der Waals surface area contributed by atoms with Crippen LogP contribution in [0.5, 0.6) is 11.5 Å². The van der Waals surface area contributed by atoms with Crippen molar-refractivity contribution >= 4 is 43.6 Å². The van der Waals surface area contributed by atoms with Gasteiger partial charge in [0.1, 0.15) is 46.0 Å². The Kier molecular flexibility index (Phi) is 6.17. The predicted molar refractivity (Wildman–Crippen MR) is 118 cm³/mol. The minimum atomic E-state index is -4.75. The number of phosphoric ester groups is 1. The molecule has 0 aliphatic carbocycles. The van der Waals surface area contributed by atoms with E-state index < -0.39 is 42.6 Å². The maximum atomic E-state index is 16.0. The average molecular weight is 506 g/mol. The number of methoxy groups -OCH3 is 1. The lowest BCUT2D eigenvalue weighted by Gasteiger charge is -2.42. The molecule has 6 radical (unpaired) electrons. The number of aromatic amines is 1. The summed E-state index contributed by atoms with van der Waals surface area (Å²) in [5.74, 6) is -3.61. The number of aliphatic hydroxyl groups excluding tert-OH is 2. The van der Waals surface area contributed by atoms with E-state index in [1.54, 1.807) is 12.1 Å². The third-order valence-electron chi connectivity index (χ3n) is 5.27. The molecule has 2 aromatic rings. The van der Waals surface area contributed by atoms with Crippen LogP contribution in [-0.4, -0.2) is 73.9 Å². The zero-order valence-electron chi connectivity index (χ0n) is 17.4. The predicted octanol–water partition coefficient (Wildman–Crippen LogP) is -0.164. The van der Waals surface area contributed by atoms with E-state index in [-0.39, 0.29) is 22.7 Å². The van der Waals surface area contributed by atoms with Crippen molar-refractivity contribution in [2.24, 2.45) is 0 Å². The fraction of sp³-hybridized carbons (Fsp3) is 0.412. The van der Waals surface area contributed by atoms with Crippen molar-refractivity contribution < 1.29 is 42.2 Å². The third kappa shape index (κ3) is 3.87. The number of alkyl halides is 1. The highest BCUT2D eigenvalue weighted by Gasteiger charge is 2.69. The van der Waals surface area contributed by atoms with E-state index in [9.17, 15) is 19.6 Å². The van der Waals surface area contributed by atoms with E-state index >= 15 is 4.39 Å². The third-order valence-corrected chi connectivity index (χ3v) is 6.89. The smallest absolute Gasteiger partial charge is 0.493 e. The van der Waals surface area contributed by atoms with Crippen molar-refractivity contribution in [2.45, 2.75) is 35.7 Å². The lowest BCUT2D eigenvalue weighted by Crippen LogP contribution is -2.60. The normalized spacial score (nSPS) is 33.2. The summed E-state index contributed by atoms with van der Waals surface area (Å²) in [6, 6.07) is 5.89. The number of hydrogen-bond donors (Lipinski definition) is 3. The van der Waals surface area contributed by atoms with E-state index in [1.807, 2.05) is 0 Å². The van der Waals surface area contributed by atoms with E-state index in [0.29, 0.717) is 10.1 Å².